The first-order valence-corrected chi connectivity index (χ1v) is 13.9. The van der Waals surface area contributed by atoms with E-state index in [9.17, 15) is 4.79 Å². The van der Waals surface area contributed by atoms with Gasteiger partial charge in [-0.25, -0.2) is 14.2 Å². The number of carbonyl (C=O) groups excluding carboxylic acids is 1. The number of halogens is 1. The second-order valence-corrected chi connectivity index (χ2v) is 11.6. The first kappa shape index (κ1) is 29.4. The predicted molar refractivity (Wildman–Crippen MR) is 154 cm³/mol. The van der Waals surface area contributed by atoms with Crippen molar-refractivity contribution in [1.82, 2.24) is 25.1 Å². The molecule has 4 atom stereocenters. The highest BCUT2D eigenvalue weighted by Gasteiger charge is 2.52. The number of amides is 1. The Bertz CT molecular complexity index is 1400. The summed E-state index contributed by atoms with van der Waals surface area (Å²) in [6.07, 6.45) is 5.09. The van der Waals surface area contributed by atoms with Gasteiger partial charge >= 0.3 is 6.09 Å². The van der Waals surface area contributed by atoms with E-state index < -0.39 is 29.9 Å². The van der Waals surface area contributed by atoms with Crippen LogP contribution in [0.4, 0.5) is 15.0 Å². The first-order chi connectivity index (χ1) is 20.1. The van der Waals surface area contributed by atoms with Crippen molar-refractivity contribution in [3.63, 3.8) is 0 Å². The molecule has 5 rings (SSSR count). The fourth-order valence-electron chi connectivity index (χ4n) is 5.66. The van der Waals surface area contributed by atoms with E-state index in [-0.39, 0.29) is 12.8 Å². The maximum absolute atomic E-state index is 15.9. The summed E-state index contributed by atoms with van der Waals surface area (Å²) >= 11 is 0. The monoisotopic (exact) mass is 580 g/mol. The van der Waals surface area contributed by atoms with Crippen LogP contribution in [0.15, 0.2) is 42.9 Å². The summed E-state index contributed by atoms with van der Waals surface area (Å²) in [5, 5.41) is 7.92. The van der Waals surface area contributed by atoms with Crippen molar-refractivity contribution in [3.05, 3.63) is 42.9 Å². The van der Waals surface area contributed by atoms with Crippen molar-refractivity contribution in [2.24, 2.45) is 0 Å². The summed E-state index contributed by atoms with van der Waals surface area (Å²) in [6, 6.07) is 6.44. The Hall–Kier alpha value is -4.06. The van der Waals surface area contributed by atoms with Gasteiger partial charge in [0, 0.05) is 37.4 Å². The molecule has 2 aliphatic rings. The van der Waals surface area contributed by atoms with Crippen molar-refractivity contribution in [1.29, 1.82) is 0 Å². The molecule has 2 aromatic heterocycles. The molecule has 4 heterocycles. The number of methoxy groups -OCH3 is 2. The van der Waals surface area contributed by atoms with E-state index in [4.69, 9.17) is 18.9 Å². The SMILES string of the molecule is COCOc1cc(-c2cnnc(OC)c2)ccc1-c1cnc(N(C)[C@H]2C[C@@H]3CC[C@H]([C@H]2F)N3C(=O)OC(C)(C)C)cn1. The standard InChI is InChI=1S/C30H37FN6O5/c1-30(2,3)42-29(38)37-20-8-10-23(37)28(31)24(13-20)36(4)26-16-32-22(15-33-26)21-9-7-18(11-25(21)41-17-39-5)19-12-27(40-6)35-34-14-19/h7,9,11-12,14-16,20,23-24,28H,8,10,13,17H2,1-6H3/t20-,23+,24-,28+/m0/s1. The van der Waals surface area contributed by atoms with Crippen LogP contribution in [0.25, 0.3) is 22.4 Å². The minimum atomic E-state index is -1.24. The van der Waals surface area contributed by atoms with E-state index in [0.29, 0.717) is 36.0 Å². The zero-order chi connectivity index (χ0) is 30.0. The summed E-state index contributed by atoms with van der Waals surface area (Å²) in [5.41, 5.74) is 2.34. The van der Waals surface area contributed by atoms with Gasteiger partial charge in [0.1, 0.15) is 23.3 Å². The van der Waals surface area contributed by atoms with E-state index >= 15 is 4.39 Å². The van der Waals surface area contributed by atoms with E-state index in [2.05, 4.69) is 20.2 Å². The highest BCUT2D eigenvalue weighted by Crippen LogP contribution is 2.41. The van der Waals surface area contributed by atoms with Crippen LogP contribution in [0.2, 0.25) is 0 Å². The molecule has 0 saturated carbocycles. The van der Waals surface area contributed by atoms with Crippen molar-refractivity contribution in [2.45, 2.75) is 69.9 Å². The summed E-state index contributed by atoms with van der Waals surface area (Å²) in [6.45, 7) is 5.50. The Morgan fingerprint density at radius 1 is 1.10 bits per heavy atom. The molecule has 11 nitrogen and oxygen atoms in total. The highest BCUT2D eigenvalue weighted by atomic mass is 19.1. The van der Waals surface area contributed by atoms with Gasteiger partial charge in [-0.2, -0.15) is 5.10 Å². The lowest BCUT2D eigenvalue weighted by molar-refractivity contribution is -0.0104. The number of piperidine rings is 1. The molecule has 224 valence electrons. The van der Waals surface area contributed by atoms with Crippen LogP contribution in [-0.2, 0) is 9.47 Å². The molecule has 0 N–H and O–H groups in total. The lowest BCUT2D eigenvalue weighted by atomic mass is 9.94. The molecule has 2 aliphatic heterocycles. The molecule has 12 heteroatoms. The molecule has 0 unspecified atom stereocenters. The van der Waals surface area contributed by atoms with Crippen molar-refractivity contribution in [3.8, 4) is 34.0 Å². The molecular formula is C30H37FN6O5. The number of rotatable bonds is 8. The molecule has 0 radical (unpaired) electrons. The lowest BCUT2D eigenvalue weighted by Gasteiger charge is -2.44. The Morgan fingerprint density at radius 2 is 1.90 bits per heavy atom. The van der Waals surface area contributed by atoms with Gasteiger partial charge in [-0.05, 0) is 57.7 Å². The lowest BCUT2D eigenvalue weighted by Crippen LogP contribution is -2.59. The van der Waals surface area contributed by atoms with E-state index in [1.807, 2.05) is 50.9 Å². The number of benzene rings is 1. The van der Waals surface area contributed by atoms with Crippen LogP contribution in [0.3, 0.4) is 0 Å². The maximum atomic E-state index is 15.9. The molecular weight excluding hydrogens is 543 g/mol. The maximum Gasteiger partial charge on any atom is 0.410 e. The summed E-state index contributed by atoms with van der Waals surface area (Å²) in [5.74, 6) is 1.50. The summed E-state index contributed by atoms with van der Waals surface area (Å²) in [7, 11) is 4.91. The van der Waals surface area contributed by atoms with E-state index in [1.165, 1.54) is 7.11 Å². The molecule has 0 aliphatic carbocycles. The molecule has 0 spiro atoms. The average molecular weight is 581 g/mol. The van der Waals surface area contributed by atoms with Gasteiger partial charge in [-0.15, -0.1) is 5.10 Å². The number of carbonyl (C=O) groups is 1. The first-order valence-electron chi connectivity index (χ1n) is 13.9. The number of aromatic nitrogens is 4. The summed E-state index contributed by atoms with van der Waals surface area (Å²) in [4.78, 5) is 25.6. The zero-order valence-corrected chi connectivity index (χ0v) is 24.8. The number of hydrogen-bond acceptors (Lipinski definition) is 10. The second kappa shape index (κ2) is 12.0. The molecule has 1 amide bonds. The van der Waals surface area contributed by atoms with E-state index in [1.54, 1.807) is 36.7 Å². The Morgan fingerprint density at radius 3 is 2.60 bits per heavy atom. The second-order valence-electron chi connectivity index (χ2n) is 11.6. The molecule has 3 aromatic rings. The average Bonchev–Trinajstić information content (AvgIpc) is 3.33. The highest BCUT2D eigenvalue weighted by molar-refractivity contribution is 5.74. The molecule has 2 saturated heterocycles. The topological polar surface area (TPSA) is 112 Å². The number of fused-ring (bicyclic) bond motifs is 2. The van der Waals surface area contributed by atoms with E-state index in [0.717, 1.165) is 23.1 Å². The fourth-order valence-corrected chi connectivity index (χ4v) is 5.66. The van der Waals surface area contributed by atoms with Crippen LogP contribution in [0.1, 0.15) is 40.0 Å². The molecule has 42 heavy (non-hydrogen) atoms. The normalized spacial score (nSPS) is 21.6. The number of ether oxygens (including phenoxy) is 4. The zero-order valence-electron chi connectivity index (χ0n) is 24.8. The number of hydrogen-bond donors (Lipinski definition) is 0. The van der Waals surface area contributed by atoms with Crippen molar-refractivity contribution >= 4 is 11.9 Å². The van der Waals surface area contributed by atoms with Gasteiger partial charge in [0.25, 0.3) is 0 Å². The predicted octanol–water partition coefficient (Wildman–Crippen LogP) is 4.91. The fraction of sp³-hybridized carbons (Fsp3) is 0.500. The molecule has 1 aromatic carbocycles. The number of anilines is 1. The van der Waals surface area contributed by atoms with Crippen molar-refractivity contribution < 1.29 is 28.1 Å². The third-order valence-electron chi connectivity index (χ3n) is 7.66. The Balaban J connectivity index is 1.35. The van der Waals surface area contributed by atoms with Gasteiger partial charge < -0.3 is 23.8 Å². The van der Waals surface area contributed by atoms with Crippen LogP contribution in [0, 0.1) is 0 Å². The third kappa shape index (κ3) is 6.08. The van der Waals surface area contributed by atoms with Gasteiger partial charge in [0.05, 0.1) is 43.5 Å². The number of nitrogens with zero attached hydrogens (tertiary/aromatic N) is 6. The quantitative estimate of drug-likeness (QED) is 0.341. The van der Waals surface area contributed by atoms with Crippen LogP contribution in [-0.4, -0.2) is 89.1 Å². The largest absolute Gasteiger partial charge is 0.480 e. The van der Waals surface area contributed by atoms with Gasteiger partial charge in [0.15, 0.2) is 6.79 Å². The van der Waals surface area contributed by atoms with Gasteiger partial charge in [-0.1, -0.05) is 6.07 Å². The summed E-state index contributed by atoms with van der Waals surface area (Å²) < 4.78 is 37.7. The van der Waals surface area contributed by atoms with Gasteiger partial charge in [0.2, 0.25) is 5.88 Å². The smallest absolute Gasteiger partial charge is 0.410 e. The van der Waals surface area contributed by atoms with Crippen molar-refractivity contribution in [2.75, 3.05) is 33.0 Å². The van der Waals surface area contributed by atoms with Crippen LogP contribution >= 0.6 is 0 Å². The van der Waals surface area contributed by atoms with Crippen LogP contribution in [0.5, 0.6) is 11.6 Å². The minimum Gasteiger partial charge on any atom is -0.480 e. The Kier molecular flexibility index (Phi) is 8.44. The Labute approximate surface area is 245 Å². The third-order valence-corrected chi connectivity index (χ3v) is 7.66. The molecule has 2 bridgehead atoms. The molecule has 2 fully saturated rings. The number of alkyl halides is 1. The van der Waals surface area contributed by atoms with Crippen LogP contribution < -0.4 is 14.4 Å². The minimum absolute atomic E-state index is 0.0465. The van der Waals surface area contributed by atoms with Gasteiger partial charge in [-0.3, -0.25) is 9.88 Å².